The number of carbonyl (C=O) groups excluding carboxylic acids is 5. The molecular weight excluding hydrogens is 745 g/mol. The molecule has 6 N–H and O–H groups in total. The molecule has 1 fully saturated rings. The van der Waals surface area contributed by atoms with Crippen molar-refractivity contribution in [2.45, 2.75) is 137 Å². The van der Waals surface area contributed by atoms with Crippen molar-refractivity contribution in [3.05, 3.63) is 75.9 Å². The van der Waals surface area contributed by atoms with E-state index in [1.165, 1.54) is 11.8 Å². The smallest absolute Gasteiger partial charge is 0.246 e. The van der Waals surface area contributed by atoms with Crippen LogP contribution in [0, 0.1) is 19.3 Å². The minimum absolute atomic E-state index is 0.0141. The third-order valence-electron chi connectivity index (χ3n) is 10.4. The molecule has 4 rings (SSSR count). The molecule has 310 valence electrons. The van der Waals surface area contributed by atoms with Crippen LogP contribution in [0.1, 0.15) is 101 Å². The van der Waals surface area contributed by atoms with Crippen molar-refractivity contribution in [2.24, 2.45) is 11.1 Å². The van der Waals surface area contributed by atoms with Gasteiger partial charge in [-0.15, -0.1) is 11.3 Å². The first-order chi connectivity index (χ1) is 26.9. The lowest BCUT2D eigenvalue weighted by Gasteiger charge is -2.35. The Kier molecular flexibility index (Phi) is 16.3. The number of nitrogens with two attached hydrogens (primary N) is 1. The summed E-state index contributed by atoms with van der Waals surface area (Å²) in [5.74, 6) is -1.61. The third kappa shape index (κ3) is 13.5. The van der Waals surface area contributed by atoms with Crippen molar-refractivity contribution in [3.63, 3.8) is 0 Å². The van der Waals surface area contributed by atoms with Gasteiger partial charge in [-0.2, -0.15) is 0 Å². The normalized spacial score (nSPS) is 17.1. The highest BCUT2D eigenvalue weighted by molar-refractivity contribution is 7.13. The number of β-amino-alcohol motifs (C(OH)–C–C–N with tert-alkyl or cyclic N) is 1. The van der Waals surface area contributed by atoms with E-state index < -0.39 is 29.5 Å². The van der Waals surface area contributed by atoms with Crippen molar-refractivity contribution in [1.29, 1.82) is 0 Å². The van der Waals surface area contributed by atoms with E-state index in [4.69, 9.17) is 10.5 Å². The molecule has 1 aliphatic rings. The molecule has 1 aliphatic heterocycles. The van der Waals surface area contributed by atoms with Crippen LogP contribution in [0.4, 0.5) is 0 Å². The number of nitrogens with zero attached hydrogens (tertiary/aromatic N) is 2. The first-order valence-corrected chi connectivity index (χ1v) is 20.6. The first-order valence-electron chi connectivity index (χ1n) is 19.7. The highest BCUT2D eigenvalue weighted by Gasteiger charge is 2.44. The number of ether oxygens (including phenoxy) is 1. The molecule has 0 unspecified atom stereocenters. The monoisotopic (exact) mass is 804 g/mol. The Morgan fingerprint density at radius 3 is 2.33 bits per heavy atom. The molecule has 0 bridgehead atoms. The van der Waals surface area contributed by atoms with Crippen molar-refractivity contribution in [3.8, 4) is 10.4 Å². The number of carbonyl (C=O) groups is 5. The lowest BCUT2D eigenvalue weighted by atomic mass is 9.85. The number of likely N-dealkylation sites (tertiary alicyclic amines) is 1. The number of rotatable bonds is 19. The summed E-state index contributed by atoms with van der Waals surface area (Å²) in [7, 11) is 0. The van der Waals surface area contributed by atoms with Gasteiger partial charge in [0.25, 0.3) is 0 Å². The number of primary amides is 1. The van der Waals surface area contributed by atoms with Crippen LogP contribution in [0.25, 0.3) is 10.4 Å². The van der Waals surface area contributed by atoms with E-state index in [1.54, 1.807) is 11.3 Å². The van der Waals surface area contributed by atoms with Gasteiger partial charge in [-0.1, -0.05) is 63.2 Å². The summed E-state index contributed by atoms with van der Waals surface area (Å²) in [6, 6.07) is 12.0. The number of aliphatic hydroxyl groups excluding tert-OH is 1. The highest BCUT2D eigenvalue weighted by atomic mass is 32.1. The second-order valence-corrected chi connectivity index (χ2v) is 17.1. The van der Waals surface area contributed by atoms with Crippen molar-refractivity contribution >= 4 is 40.9 Å². The van der Waals surface area contributed by atoms with E-state index in [2.05, 4.69) is 27.0 Å². The fourth-order valence-corrected chi connectivity index (χ4v) is 7.84. The number of hydrogen-bond acceptors (Lipinski definition) is 9. The molecule has 0 saturated carbocycles. The number of amides is 5. The van der Waals surface area contributed by atoms with E-state index >= 15 is 0 Å². The molecule has 0 radical (unpaired) electrons. The van der Waals surface area contributed by atoms with E-state index in [-0.39, 0.29) is 68.1 Å². The molecule has 14 heteroatoms. The van der Waals surface area contributed by atoms with Crippen LogP contribution in [0.5, 0.6) is 0 Å². The molecule has 13 nitrogen and oxygen atoms in total. The summed E-state index contributed by atoms with van der Waals surface area (Å²) in [4.78, 5) is 70.4. The molecule has 3 aromatic rings. The number of hydrogen-bond donors (Lipinski definition) is 5. The van der Waals surface area contributed by atoms with Gasteiger partial charge in [0.15, 0.2) is 0 Å². The fraction of sp³-hybridized carbons (Fsp3) is 0.535. The number of aliphatic hydroxyl groups is 1. The fourth-order valence-electron chi connectivity index (χ4n) is 7.02. The van der Waals surface area contributed by atoms with E-state index in [9.17, 15) is 29.1 Å². The standard InChI is InChI=1S/C43H60N6O7S/c1-26-20-30(12-17-33(26)24-56-28(3)35(47-29(4)50)18-19-37(44)52)10-8-9-11-38(53)48-40(43(5,6)7)42(55)49-23-34(51)21-36(49)41(54)45-22-31-13-15-32(16-14-31)39-27(2)46-25-57-39/h12-17,20,25,28,34-36,40,51H,8-11,18-19,21-24H2,1-7H3,(H2,44,52)(H,45,54)(H,47,50)(H,48,53)/t28-,34-,35+,36+,40-/m1/s1. The quantitative estimate of drug-likeness (QED) is 0.108. The molecule has 57 heavy (non-hydrogen) atoms. The lowest BCUT2D eigenvalue weighted by molar-refractivity contribution is -0.144. The van der Waals surface area contributed by atoms with Crippen LogP contribution in [-0.4, -0.2) is 81.4 Å². The summed E-state index contributed by atoms with van der Waals surface area (Å²) in [6.45, 7) is 13.5. The molecular formula is C43H60N6O7S. The number of aromatic nitrogens is 1. The van der Waals surface area contributed by atoms with E-state index in [0.29, 0.717) is 19.4 Å². The number of aryl methyl sites for hydroxylation is 3. The minimum Gasteiger partial charge on any atom is -0.391 e. The Morgan fingerprint density at radius 1 is 1.02 bits per heavy atom. The van der Waals surface area contributed by atoms with Gasteiger partial charge in [-0.25, -0.2) is 4.98 Å². The van der Waals surface area contributed by atoms with Gasteiger partial charge in [-0.05, 0) is 79.7 Å². The zero-order valence-electron chi connectivity index (χ0n) is 34.4. The summed E-state index contributed by atoms with van der Waals surface area (Å²) < 4.78 is 6.07. The molecule has 2 aromatic carbocycles. The van der Waals surface area contributed by atoms with Gasteiger partial charge in [0, 0.05) is 39.3 Å². The molecule has 2 heterocycles. The molecule has 0 aliphatic carbocycles. The minimum atomic E-state index is -0.884. The van der Waals surface area contributed by atoms with Crippen molar-refractivity contribution < 1.29 is 33.8 Å². The summed E-state index contributed by atoms with van der Waals surface area (Å²) >= 11 is 1.58. The van der Waals surface area contributed by atoms with E-state index in [1.807, 2.05) is 83.5 Å². The predicted octanol–water partition coefficient (Wildman–Crippen LogP) is 4.62. The second-order valence-electron chi connectivity index (χ2n) is 16.2. The third-order valence-corrected chi connectivity index (χ3v) is 11.4. The zero-order valence-corrected chi connectivity index (χ0v) is 35.2. The highest BCUT2D eigenvalue weighted by Crippen LogP contribution is 2.28. The molecule has 5 atom stereocenters. The Labute approximate surface area is 340 Å². The average molecular weight is 805 g/mol. The first kappa shape index (κ1) is 45.0. The number of thiazole rings is 1. The largest absolute Gasteiger partial charge is 0.391 e. The van der Waals surface area contributed by atoms with Crippen LogP contribution in [0.2, 0.25) is 0 Å². The van der Waals surface area contributed by atoms with Gasteiger partial charge >= 0.3 is 0 Å². The topological polar surface area (TPSA) is 193 Å². The number of unbranched alkanes of at least 4 members (excludes halogenated alkanes) is 1. The number of benzene rings is 2. The Morgan fingerprint density at radius 2 is 1.72 bits per heavy atom. The summed E-state index contributed by atoms with van der Waals surface area (Å²) in [6.07, 6.45) is 1.88. The lowest BCUT2D eigenvalue weighted by Crippen LogP contribution is -2.57. The Hall–Kier alpha value is -4.66. The van der Waals surface area contributed by atoms with Crippen LogP contribution in [-0.2, 0) is 48.3 Å². The summed E-state index contributed by atoms with van der Waals surface area (Å²) in [5, 5.41) is 19.3. The van der Waals surface area contributed by atoms with Gasteiger partial charge in [-0.3, -0.25) is 24.0 Å². The van der Waals surface area contributed by atoms with Crippen LogP contribution in [0.15, 0.2) is 48.0 Å². The van der Waals surface area contributed by atoms with Crippen LogP contribution < -0.4 is 21.7 Å². The van der Waals surface area contributed by atoms with Crippen LogP contribution >= 0.6 is 11.3 Å². The van der Waals surface area contributed by atoms with Crippen molar-refractivity contribution in [2.75, 3.05) is 6.54 Å². The molecule has 1 aromatic heterocycles. The van der Waals surface area contributed by atoms with Crippen molar-refractivity contribution in [1.82, 2.24) is 25.8 Å². The second kappa shape index (κ2) is 20.7. The van der Waals surface area contributed by atoms with Gasteiger partial charge in [0.2, 0.25) is 29.5 Å². The predicted molar refractivity (Wildman–Crippen MR) is 221 cm³/mol. The van der Waals surface area contributed by atoms with Gasteiger partial charge in [0.1, 0.15) is 12.1 Å². The van der Waals surface area contributed by atoms with Gasteiger partial charge < -0.3 is 36.4 Å². The zero-order chi connectivity index (χ0) is 41.9. The van der Waals surface area contributed by atoms with Gasteiger partial charge in [0.05, 0.1) is 40.9 Å². The molecule has 0 spiro atoms. The summed E-state index contributed by atoms with van der Waals surface area (Å²) in [5.41, 5.74) is 12.6. The average Bonchev–Trinajstić information content (AvgIpc) is 3.77. The molecule has 5 amide bonds. The molecule has 1 saturated heterocycles. The Bertz CT molecular complexity index is 1860. The maximum Gasteiger partial charge on any atom is 0.246 e. The SMILES string of the molecule is CC(=O)N[C@@H](CCC(N)=O)[C@@H](C)OCc1ccc(CCCCC(=O)N[C@H](C(=O)N2C[C@H](O)C[C@H]2C(=O)NCc2ccc(-c3scnc3C)cc2)C(C)(C)C)cc1C. The van der Waals surface area contributed by atoms with E-state index in [0.717, 1.165) is 51.2 Å². The maximum atomic E-state index is 14.0. The van der Waals surface area contributed by atoms with Crippen LogP contribution in [0.3, 0.4) is 0 Å². The Balaban J connectivity index is 1.25. The number of nitrogens with one attached hydrogen (secondary N) is 3. The maximum absolute atomic E-state index is 14.0.